The molecule has 5 amide bonds. The van der Waals surface area contributed by atoms with Gasteiger partial charge in [0.05, 0.1) is 50.5 Å². The lowest BCUT2D eigenvalue weighted by molar-refractivity contribution is -0.235. The molecule has 20 nitrogen and oxygen atoms in total. The highest BCUT2D eigenvalue weighted by Crippen LogP contribution is 2.72. The number of carbonyl (C=O) groups excluding carboxylic acids is 8. The van der Waals surface area contributed by atoms with Gasteiger partial charge in [-0.05, 0) is 57.1 Å². The SMILES string of the molecule is CC1=CC2O[C@@H]3C[C@H]4OC(=O)/C=C\C=C\C(=O)OCC[C@@H](C)[C@H](OCNC(=O)CNC(=O)[C@H](Cc5ccccc5)NC(=O)CNC(=O)CNC(=O)CCCCCN)C(=O)OC[C@@]2(CC1)[C@]4(C)[C@]31CO1. The van der Waals surface area contributed by atoms with Crippen molar-refractivity contribution in [3.8, 4) is 0 Å². The molecule has 0 radical (unpaired) electrons. The van der Waals surface area contributed by atoms with E-state index in [-0.39, 0.29) is 51.0 Å². The largest absolute Gasteiger partial charge is 0.463 e. The molecule has 20 heteroatoms. The van der Waals surface area contributed by atoms with Gasteiger partial charge >= 0.3 is 17.9 Å². The molecule has 3 heterocycles. The summed E-state index contributed by atoms with van der Waals surface area (Å²) in [4.78, 5) is 104. The maximum atomic E-state index is 14.2. The standard InChI is InChI=1S/C49H66N6O14/c1-31-17-19-48-28-65-46(63)44(32(2)18-21-64-42(60)15-9-10-16-43(61)69-35-24-37(68-36(48)22-31)49(29-67-49)47(35,48)3)66-30-54-40(58)26-53-45(62)34(23-33-12-6-4-7-13-33)55-41(59)27-52-39(57)25-51-38(56)14-8-5-11-20-50/h4,6-7,9-10,12-13,15-16,22,32,34-37,44H,5,8,11,14,17-21,23-30,50H2,1-3H3,(H,51,56)(H,52,57)(H,53,62)(H,54,58)(H,55,59)/b15-9+,16-10-/t32-,34+,35-,36?,37-,44+,47-,48-,49+/m1/s1. The van der Waals surface area contributed by atoms with E-state index in [1.807, 2.05) is 13.8 Å². The second-order valence-electron chi connectivity index (χ2n) is 18.5. The fourth-order valence-corrected chi connectivity index (χ4v) is 9.86. The predicted octanol–water partition coefficient (Wildman–Crippen LogP) is 0.864. The van der Waals surface area contributed by atoms with Crippen LogP contribution in [-0.2, 0) is 73.2 Å². The summed E-state index contributed by atoms with van der Waals surface area (Å²) in [6.45, 7) is 4.67. The van der Waals surface area contributed by atoms with Gasteiger partial charge in [0.2, 0.25) is 29.5 Å². The van der Waals surface area contributed by atoms with E-state index in [1.54, 1.807) is 37.3 Å². The quantitative estimate of drug-likeness (QED) is 0.0297. The monoisotopic (exact) mass is 962 g/mol. The topological polar surface area (TPSA) is 281 Å². The van der Waals surface area contributed by atoms with Gasteiger partial charge in [0.15, 0.2) is 6.10 Å². The molecule has 69 heavy (non-hydrogen) atoms. The maximum absolute atomic E-state index is 14.2. The summed E-state index contributed by atoms with van der Waals surface area (Å²) in [7, 11) is 0. The Balaban J connectivity index is 1.07. The highest BCUT2D eigenvalue weighted by Gasteiger charge is 2.83. The first kappa shape index (κ1) is 52.4. The Kier molecular flexibility index (Phi) is 18.3. The van der Waals surface area contributed by atoms with Gasteiger partial charge in [0.1, 0.15) is 31.1 Å². The highest BCUT2D eigenvalue weighted by atomic mass is 16.6. The number of benzene rings is 1. The Morgan fingerprint density at radius 1 is 0.841 bits per heavy atom. The summed E-state index contributed by atoms with van der Waals surface area (Å²) in [5, 5.41) is 12.6. The molecule has 376 valence electrons. The van der Waals surface area contributed by atoms with Gasteiger partial charge in [0, 0.05) is 36.8 Å². The van der Waals surface area contributed by atoms with Crippen molar-refractivity contribution >= 4 is 47.4 Å². The molecule has 1 unspecified atom stereocenters. The van der Waals surface area contributed by atoms with Crippen molar-refractivity contribution in [2.75, 3.05) is 52.7 Å². The van der Waals surface area contributed by atoms with Crippen molar-refractivity contribution in [1.82, 2.24) is 26.6 Å². The number of carbonyl (C=O) groups is 8. The van der Waals surface area contributed by atoms with Gasteiger partial charge in [-0.25, -0.2) is 14.4 Å². The number of epoxide rings is 1. The van der Waals surface area contributed by atoms with Gasteiger partial charge in [-0.1, -0.05) is 74.4 Å². The molecular weight excluding hydrogens is 897 g/mol. The van der Waals surface area contributed by atoms with E-state index in [1.165, 1.54) is 18.2 Å². The Morgan fingerprint density at radius 3 is 2.28 bits per heavy atom. The minimum atomic E-state index is -1.26. The zero-order valence-electron chi connectivity index (χ0n) is 39.6. The molecular formula is C49H66N6O14. The number of esters is 3. The molecule has 2 aliphatic carbocycles. The summed E-state index contributed by atoms with van der Waals surface area (Å²) in [6.07, 6.45) is 8.80. The van der Waals surface area contributed by atoms with Crippen LogP contribution in [0.3, 0.4) is 0 Å². The Hall–Kier alpha value is -5.96. The van der Waals surface area contributed by atoms with Crippen LogP contribution in [0.25, 0.3) is 0 Å². The normalized spacial score (nSPS) is 30.0. The zero-order chi connectivity index (χ0) is 49.6. The fourth-order valence-electron chi connectivity index (χ4n) is 9.86. The summed E-state index contributed by atoms with van der Waals surface area (Å²) in [5.74, 6) is -5.55. The molecule has 1 saturated carbocycles. The lowest BCUT2D eigenvalue weighted by Crippen LogP contribution is -2.67. The number of nitrogens with two attached hydrogens (primary N) is 1. The smallest absolute Gasteiger partial charge is 0.335 e. The van der Waals surface area contributed by atoms with Gasteiger partial charge < -0.3 is 60.7 Å². The number of hydrogen-bond donors (Lipinski definition) is 6. The van der Waals surface area contributed by atoms with Crippen LogP contribution in [-0.4, -0.2) is 136 Å². The number of allylic oxidation sites excluding steroid dienone is 3. The van der Waals surface area contributed by atoms with Crippen LogP contribution in [0.2, 0.25) is 0 Å². The third-order valence-corrected chi connectivity index (χ3v) is 14.0. The average molecular weight is 963 g/mol. The van der Waals surface area contributed by atoms with Crippen molar-refractivity contribution < 1.29 is 66.8 Å². The van der Waals surface area contributed by atoms with Crippen molar-refractivity contribution in [2.45, 2.75) is 115 Å². The summed E-state index contributed by atoms with van der Waals surface area (Å²) < 4.78 is 36.6. The lowest BCUT2D eigenvalue weighted by Gasteiger charge is -2.58. The van der Waals surface area contributed by atoms with Gasteiger partial charge in [-0.2, -0.15) is 0 Å². The average Bonchev–Trinajstić information content (AvgIpc) is 4.12. The molecule has 0 aromatic heterocycles. The van der Waals surface area contributed by atoms with E-state index in [9.17, 15) is 38.4 Å². The van der Waals surface area contributed by atoms with Crippen molar-refractivity contribution in [1.29, 1.82) is 0 Å². The van der Waals surface area contributed by atoms with E-state index >= 15 is 0 Å². The van der Waals surface area contributed by atoms with E-state index in [0.717, 1.165) is 24.5 Å². The molecule has 2 bridgehead atoms. The van der Waals surface area contributed by atoms with Crippen LogP contribution in [0, 0.1) is 16.7 Å². The van der Waals surface area contributed by atoms with Crippen LogP contribution >= 0.6 is 0 Å². The maximum Gasteiger partial charge on any atom is 0.335 e. The molecule has 7 N–H and O–H groups in total. The lowest BCUT2D eigenvalue weighted by atomic mass is 9.51. The molecule has 3 fully saturated rings. The summed E-state index contributed by atoms with van der Waals surface area (Å²) in [5.41, 5.74) is 4.85. The first-order valence-corrected chi connectivity index (χ1v) is 23.7. The number of hydrogen-bond acceptors (Lipinski definition) is 15. The second kappa shape index (κ2) is 24.0. The Bertz CT molecular complexity index is 2140. The van der Waals surface area contributed by atoms with Crippen LogP contribution in [0.15, 0.2) is 66.3 Å². The molecule has 3 aliphatic heterocycles. The van der Waals surface area contributed by atoms with Crippen LogP contribution in [0.4, 0.5) is 0 Å². The molecule has 2 saturated heterocycles. The number of nitrogens with one attached hydrogen (secondary N) is 5. The Morgan fingerprint density at radius 2 is 1.54 bits per heavy atom. The number of cyclic esters (lactones) is 2. The summed E-state index contributed by atoms with van der Waals surface area (Å²) >= 11 is 0. The van der Waals surface area contributed by atoms with Crippen LogP contribution < -0.4 is 32.3 Å². The molecule has 9 atom stereocenters. The van der Waals surface area contributed by atoms with Crippen LogP contribution in [0.1, 0.15) is 77.7 Å². The Labute approximate surface area is 401 Å². The van der Waals surface area contributed by atoms with Crippen molar-refractivity contribution in [2.24, 2.45) is 22.5 Å². The number of ether oxygens (including phenoxy) is 6. The molecule has 5 aliphatic rings. The third-order valence-electron chi connectivity index (χ3n) is 14.0. The third kappa shape index (κ3) is 13.0. The van der Waals surface area contributed by atoms with Gasteiger partial charge in [-0.15, -0.1) is 0 Å². The van der Waals surface area contributed by atoms with E-state index in [0.29, 0.717) is 44.4 Å². The van der Waals surface area contributed by atoms with E-state index < -0.39 is 108 Å². The first-order valence-electron chi connectivity index (χ1n) is 23.7. The zero-order valence-corrected chi connectivity index (χ0v) is 39.6. The minimum Gasteiger partial charge on any atom is -0.463 e. The van der Waals surface area contributed by atoms with Crippen molar-refractivity contribution in [3.63, 3.8) is 0 Å². The number of unbranched alkanes of at least 4 members (excludes halogenated alkanes) is 2. The number of rotatable bonds is 18. The fraction of sp³-hybridized carbons (Fsp3) is 0.592. The van der Waals surface area contributed by atoms with Gasteiger partial charge in [-0.3, -0.25) is 24.0 Å². The molecule has 2 spiro atoms. The number of amides is 5. The molecule has 1 aromatic rings. The van der Waals surface area contributed by atoms with E-state index in [2.05, 4.69) is 32.7 Å². The highest BCUT2D eigenvalue weighted by molar-refractivity contribution is 5.93. The van der Waals surface area contributed by atoms with Crippen molar-refractivity contribution in [3.05, 3.63) is 71.8 Å². The predicted molar refractivity (Wildman–Crippen MR) is 246 cm³/mol. The molecule has 6 rings (SSSR count). The summed E-state index contributed by atoms with van der Waals surface area (Å²) in [6, 6.07) is 7.72. The van der Waals surface area contributed by atoms with Gasteiger partial charge in [0.25, 0.3) is 0 Å². The minimum absolute atomic E-state index is 0.0607. The second-order valence-corrected chi connectivity index (χ2v) is 18.5. The van der Waals surface area contributed by atoms with Crippen LogP contribution in [0.5, 0.6) is 0 Å². The first-order chi connectivity index (χ1) is 33.1. The van der Waals surface area contributed by atoms with E-state index in [4.69, 9.17) is 34.2 Å². The molecule has 1 aromatic carbocycles.